The molecule has 0 fully saturated rings. The van der Waals surface area contributed by atoms with Crippen LogP contribution >= 0.6 is 0 Å². The SMILES string of the molecule is Cc1ccc(C)c(S(=O)(=O)N(C)C(C)C)c1N. The summed E-state index contributed by atoms with van der Waals surface area (Å²) in [5, 5.41) is 0. The van der Waals surface area contributed by atoms with Crippen molar-refractivity contribution in [1.82, 2.24) is 4.31 Å². The highest BCUT2D eigenvalue weighted by atomic mass is 32.2. The van der Waals surface area contributed by atoms with Crippen LogP contribution < -0.4 is 5.73 Å². The number of anilines is 1. The highest BCUT2D eigenvalue weighted by Gasteiger charge is 2.27. The smallest absolute Gasteiger partial charge is 0.245 e. The van der Waals surface area contributed by atoms with Crippen LogP contribution in [0.1, 0.15) is 25.0 Å². The first kappa shape index (κ1) is 14.0. The third-order valence-electron chi connectivity index (χ3n) is 2.98. The number of rotatable bonds is 3. The fourth-order valence-corrected chi connectivity index (χ4v) is 3.33. The molecule has 0 aliphatic heterocycles. The van der Waals surface area contributed by atoms with Gasteiger partial charge in [-0.25, -0.2) is 8.42 Å². The minimum atomic E-state index is -3.51. The lowest BCUT2D eigenvalue weighted by Gasteiger charge is -2.23. The van der Waals surface area contributed by atoms with Crippen LogP contribution in [0.15, 0.2) is 17.0 Å². The molecule has 0 unspecified atom stereocenters. The molecule has 0 bridgehead atoms. The first-order chi connectivity index (χ1) is 7.69. The number of nitrogen functional groups attached to an aromatic ring is 1. The van der Waals surface area contributed by atoms with E-state index in [1.165, 1.54) is 4.31 Å². The van der Waals surface area contributed by atoms with Crippen molar-refractivity contribution in [3.05, 3.63) is 23.3 Å². The normalized spacial score (nSPS) is 12.4. The van der Waals surface area contributed by atoms with Crippen LogP contribution in [0.25, 0.3) is 0 Å². The van der Waals surface area contributed by atoms with Gasteiger partial charge in [0.15, 0.2) is 0 Å². The van der Waals surface area contributed by atoms with Crippen LogP contribution in [0.4, 0.5) is 5.69 Å². The molecule has 17 heavy (non-hydrogen) atoms. The van der Waals surface area contributed by atoms with Gasteiger partial charge >= 0.3 is 0 Å². The second kappa shape index (κ2) is 4.66. The molecule has 0 saturated carbocycles. The standard InChI is InChI=1S/C12H20N2O2S/c1-8(2)14(5)17(15,16)12-10(4)7-6-9(3)11(12)13/h6-8H,13H2,1-5H3. The van der Waals surface area contributed by atoms with Gasteiger partial charge in [-0.2, -0.15) is 4.31 Å². The molecular formula is C12H20N2O2S. The Kier molecular flexibility index (Phi) is 3.84. The van der Waals surface area contributed by atoms with Crippen LogP contribution in [0.3, 0.4) is 0 Å². The molecule has 0 aromatic heterocycles. The second-order valence-electron chi connectivity index (χ2n) is 4.56. The van der Waals surface area contributed by atoms with Crippen molar-refractivity contribution in [1.29, 1.82) is 0 Å². The molecule has 5 heteroatoms. The Hall–Kier alpha value is -1.07. The molecule has 0 aliphatic rings. The topological polar surface area (TPSA) is 63.4 Å². The third-order valence-corrected chi connectivity index (χ3v) is 5.21. The number of hydrogen-bond acceptors (Lipinski definition) is 3. The molecule has 1 aromatic rings. The number of aryl methyl sites for hydroxylation is 2. The molecule has 2 N–H and O–H groups in total. The number of nitrogens with two attached hydrogens (primary N) is 1. The number of hydrogen-bond donors (Lipinski definition) is 1. The van der Waals surface area contributed by atoms with Gasteiger partial charge in [0, 0.05) is 13.1 Å². The summed E-state index contributed by atoms with van der Waals surface area (Å²) in [6.07, 6.45) is 0. The quantitative estimate of drug-likeness (QED) is 0.840. The van der Waals surface area contributed by atoms with Crippen molar-refractivity contribution in [3.63, 3.8) is 0 Å². The van der Waals surface area contributed by atoms with E-state index in [1.54, 1.807) is 20.0 Å². The molecule has 96 valence electrons. The molecule has 0 atom stereocenters. The summed E-state index contributed by atoms with van der Waals surface area (Å²) in [6.45, 7) is 7.23. The Morgan fingerprint density at radius 2 is 1.65 bits per heavy atom. The Labute approximate surface area is 103 Å². The summed E-state index contributed by atoms with van der Waals surface area (Å²) in [5.41, 5.74) is 7.71. The van der Waals surface area contributed by atoms with Crippen LogP contribution in [-0.4, -0.2) is 25.8 Å². The van der Waals surface area contributed by atoms with Crippen molar-refractivity contribution in [2.75, 3.05) is 12.8 Å². The molecule has 0 amide bonds. The lowest BCUT2D eigenvalue weighted by Crippen LogP contribution is -2.34. The van der Waals surface area contributed by atoms with E-state index >= 15 is 0 Å². The second-order valence-corrected chi connectivity index (χ2v) is 6.49. The maximum absolute atomic E-state index is 12.4. The molecule has 4 nitrogen and oxygen atoms in total. The van der Waals surface area contributed by atoms with Crippen molar-refractivity contribution in [3.8, 4) is 0 Å². The van der Waals surface area contributed by atoms with E-state index in [0.717, 1.165) is 5.56 Å². The zero-order valence-electron chi connectivity index (χ0n) is 11.0. The molecule has 0 radical (unpaired) electrons. The van der Waals surface area contributed by atoms with E-state index in [9.17, 15) is 8.42 Å². The van der Waals surface area contributed by atoms with E-state index in [2.05, 4.69) is 0 Å². The molecule has 0 spiro atoms. The summed E-state index contributed by atoms with van der Waals surface area (Å²) >= 11 is 0. The average molecular weight is 256 g/mol. The molecular weight excluding hydrogens is 236 g/mol. The van der Waals surface area contributed by atoms with Gasteiger partial charge in [-0.15, -0.1) is 0 Å². The van der Waals surface area contributed by atoms with Crippen LogP contribution in [0, 0.1) is 13.8 Å². The zero-order valence-corrected chi connectivity index (χ0v) is 11.8. The summed E-state index contributed by atoms with van der Waals surface area (Å²) < 4.78 is 26.2. The van der Waals surface area contributed by atoms with Gasteiger partial charge in [0.25, 0.3) is 0 Å². The number of nitrogens with zero attached hydrogens (tertiary/aromatic N) is 1. The van der Waals surface area contributed by atoms with E-state index in [0.29, 0.717) is 11.3 Å². The Bertz CT molecular complexity index is 522. The summed E-state index contributed by atoms with van der Waals surface area (Å²) in [7, 11) is -1.94. The maximum Gasteiger partial charge on any atom is 0.245 e. The third kappa shape index (κ3) is 2.45. The summed E-state index contributed by atoms with van der Waals surface area (Å²) in [5.74, 6) is 0. The average Bonchev–Trinajstić information content (AvgIpc) is 2.22. The van der Waals surface area contributed by atoms with Crippen molar-refractivity contribution < 1.29 is 8.42 Å². The Balaban J connectivity index is 3.49. The van der Waals surface area contributed by atoms with E-state index in [4.69, 9.17) is 5.73 Å². The van der Waals surface area contributed by atoms with Gasteiger partial charge in [0.2, 0.25) is 10.0 Å². The largest absolute Gasteiger partial charge is 0.397 e. The molecule has 1 rings (SSSR count). The summed E-state index contributed by atoms with van der Waals surface area (Å²) in [6, 6.07) is 3.52. The summed E-state index contributed by atoms with van der Waals surface area (Å²) in [4.78, 5) is 0.230. The molecule has 0 heterocycles. The van der Waals surface area contributed by atoms with Crippen LogP contribution in [-0.2, 0) is 10.0 Å². The fraction of sp³-hybridized carbons (Fsp3) is 0.500. The van der Waals surface area contributed by atoms with Crippen LogP contribution in [0.5, 0.6) is 0 Å². The van der Waals surface area contributed by atoms with Gasteiger partial charge < -0.3 is 5.73 Å². The predicted molar refractivity (Wildman–Crippen MR) is 70.4 cm³/mol. The highest BCUT2D eigenvalue weighted by Crippen LogP contribution is 2.28. The van der Waals surface area contributed by atoms with Crippen molar-refractivity contribution in [2.24, 2.45) is 0 Å². The first-order valence-electron chi connectivity index (χ1n) is 5.53. The fourth-order valence-electron chi connectivity index (χ4n) is 1.57. The molecule has 0 aliphatic carbocycles. The Morgan fingerprint density at radius 1 is 1.18 bits per heavy atom. The first-order valence-corrected chi connectivity index (χ1v) is 6.97. The number of benzene rings is 1. The molecule has 1 aromatic carbocycles. The Morgan fingerprint density at radius 3 is 2.12 bits per heavy atom. The van der Waals surface area contributed by atoms with Crippen LogP contribution in [0.2, 0.25) is 0 Å². The highest BCUT2D eigenvalue weighted by molar-refractivity contribution is 7.89. The number of sulfonamides is 1. The molecule has 0 saturated heterocycles. The maximum atomic E-state index is 12.4. The van der Waals surface area contributed by atoms with E-state index in [1.807, 2.05) is 26.8 Å². The minimum absolute atomic E-state index is 0.0979. The minimum Gasteiger partial charge on any atom is -0.397 e. The van der Waals surface area contributed by atoms with Gasteiger partial charge in [-0.3, -0.25) is 0 Å². The van der Waals surface area contributed by atoms with Gasteiger partial charge in [-0.05, 0) is 38.8 Å². The lowest BCUT2D eigenvalue weighted by atomic mass is 10.1. The van der Waals surface area contributed by atoms with Crippen molar-refractivity contribution >= 4 is 15.7 Å². The van der Waals surface area contributed by atoms with Gasteiger partial charge in [-0.1, -0.05) is 12.1 Å². The predicted octanol–water partition coefficient (Wildman–Crippen LogP) is 1.91. The lowest BCUT2D eigenvalue weighted by molar-refractivity contribution is 0.410. The van der Waals surface area contributed by atoms with Gasteiger partial charge in [0.05, 0.1) is 5.69 Å². The van der Waals surface area contributed by atoms with Crippen molar-refractivity contribution in [2.45, 2.75) is 38.6 Å². The van der Waals surface area contributed by atoms with Gasteiger partial charge in [0.1, 0.15) is 4.90 Å². The van der Waals surface area contributed by atoms with E-state index in [-0.39, 0.29) is 10.9 Å². The monoisotopic (exact) mass is 256 g/mol. The van der Waals surface area contributed by atoms with E-state index < -0.39 is 10.0 Å². The zero-order chi connectivity index (χ0) is 13.4.